The van der Waals surface area contributed by atoms with Crippen molar-refractivity contribution in [1.29, 1.82) is 0 Å². The molecule has 2 aliphatic heterocycles. The molecule has 0 N–H and O–H groups in total. The van der Waals surface area contributed by atoms with E-state index in [1.165, 1.54) is 18.2 Å². The zero-order chi connectivity index (χ0) is 25.8. The molecule has 3 aromatic rings. The number of benzene rings is 3. The van der Waals surface area contributed by atoms with E-state index in [4.69, 9.17) is 9.84 Å². The van der Waals surface area contributed by atoms with Gasteiger partial charge in [0.25, 0.3) is 5.91 Å². The van der Waals surface area contributed by atoms with E-state index in [0.717, 1.165) is 22.6 Å². The molecule has 1 fully saturated rings. The van der Waals surface area contributed by atoms with Gasteiger partial charge in [0, 0.05) is 32.6 Å². The number of anilines is 1. The first-order valence-corrected chi connectivity index (χ1v) is 12.6. The van der Waals surface area contributed by atoms with Crippen molar-refractivity contribution < 1.29 is 18.3 Å². The number of nitrogens with zero attached hydrogens (tertiary/aromatic N) is 4. The first-order chi connectivity index (χ1) is 18.0. The Morgan fingerprint density at radius 2 is 1.65 bits per heavy atom. The van der Waals surface area contributed by atoms with Crippen LogP contribution in [0.5, 0.6) is 5.75 Å². The molecule has 0 aliphatic carbocycles. The van der Waals surface area contributed by atoms with Crippen molar-refractivity contribution in [3.63, 3.8) is 0 Å². The lowest BCUT2D eigenvalue weighted by Crippen LogP contribution is -2.49. The third kappa shape index (κ3) is 5.64. The summed E-state index contributed by atoms with van der Waals surface area (Å²) in [6.45, 7) is 5.31. The van der Waals surface area contributed by atoms with E-state index < -0.39 is 0 Å². The zero-order valence-corrected chi connectivity index (χ0v) is 20.8. The van der Waals surface area contributed by atoms with Gasteiger partial charge in [0.15, 0.2) is 0 Å². The molecule has 6 nitrogen and oxygen atoms in total. The number of piperazine rings is 1. The van der Waals surface area contributed by atoms with Crippen LogP contribution in [0.1, 0.15) is 30.5 Å². The normalized spacial score (nSPS) is 18.1. The molecule has 192 valence electrons. The number of carbonyl (C=O) groups is 1. The number of amides is 1. The van der Waals surface area contributed by atoms with Gasteiger partial charge in [-0.1, -0.05) is 36.4 Å². The first kappa shape index (κ1) is 24.9. The summed E-state index contributed by atoms with van der Waals surface area (Å²) in [4.78, 5) is 17.6. The number of para-hydroxylation sites is 1. The molecule has 0 spiro atoms. The second-order valence-electron chi connectivity index (χ2n) is 9.23. The Bertz CT molecular complexity index is 1260. The maximum Gasteiger partial charge on any atom is 0.257 e. The molecule has 1 saturated heterocycles. The van der Waals surface area contributed by atoms with Gasteiger partial charge in [-0.05, 0) is 54.4 Å². The molecule has 2 heterocycles. The standard InChI is InChI=1S/C29H30F2N4O2/c1-2-37-24-13-9-22(10-14-24)28-19-26(21-7-11-23(30)12-8-21)32-35(28)29(36)20-33-15-17-34(18-16-33)27-6-4-3-5-25(27)31/h3-14,28H,2,15-20H2,1H3/t28-/m0/s1. The van der Waals surface area contributed by atoms with Gasteiger partial charge >= 0.3 is 0 Å². The Morgan fingerprint density at radius 1 is 0.946 bits per heavy atom. The number of rotatable bonds is 7. The fourth-order valence-electron chi connectivity index (χ4n) is 4.89. The molecule has 5 rings (SSSR count). The van der Waals surface area contributed by atoms with Crippen molar-refractivity contribution in [2.75, 3.05) is 44.2 Å². The van der Waals surface area contributed by atoms with Gasteiger partial charge in [0.2, 0.25) is 0 Å². The topological polar surface area (TPSA) is 48.4 Å². The van der Waals surface area contributed by atoms with E-state index >= 15 is 0 Å². The van der Waals surface area contributed by atoms with Gasteiger partial charge in [-0.25, -0.2) is 13.8 Å². The number of carbonyl (C=O) groups excluding carboxylic acids is 1. The average molecular weight is 505 g/mol. The van der Waals surface area contributed by atoms with E-state index in [1.54, 1.807) is 29.3 Å². The van der Waals surface area contributed by atoms with Crippen LogP contribution in [0, 0.1) is 11.6 Å². The van der Waals surface area contributed by atoms with E-state index in [0.29, 0.717) is 44.9 Å². The molecule has 0 saturated carbocycles. The van der Waals surface area contributed by atoms with E-state index in [1.807, 2.05) is 42.2 Å². The molecular formula is C29H30F2N4O2. The Morgan fingerprint density at radius 3 is 2.32 bits per heavy atom. The monoisotopic (exact) mass is 504 g/mol. The lowest BCUT2D eigenvalue weighted by molar-refractivity contribution is -0.134. The molecule has 37 heavy (non-hydrogen) atoms. The van der Waals surface area contributed by atoms with Gasteiger partial charge < -0.3 is 9.64 Å². The van der Waals surface area contributed by atoms with Crippen LogP contribution in [0.25, 0.3) is 0 Å². The largest absolute Gasteiger partial charge is 0.494 e. The fourth-order valence-corrected chi connectivity index (χ4v) is 4.89. The number of ether oxygens (including phenoxy) is 1. The highest BCUT2D eigenvalue weighted by atomic mass is 19.1. The van der Waals surface area contributed by atoms with Crippen LogP contribution in [0.3, 0.4) is 0 Å². The Kier molecular flexibility index (Phi) is 7.46. The summed E-state index contributed by atoms with van der Waals surface area (Å²) in [5.74, 6) is 0.127. The van der Waals surface area contributed by atoms with Gasteiger partial charge in [0.1, 0.15) is 17.4 Å². The number of hydrogen-bond acceptors (Lipinski definition) is 5. The molecule has 0 aromatic heterocycles. The van der Waals surface area contributed by atoms with Crippen molar-refractivity contribution in [2.45, 2.75) is 19.4 Å². The first-order valence-electron chi connectivity index (χ1n) is 12.6. The molecule has 0 radical (unpaired) electrons. The van der Waals surface area contributed by atoms with Gasteiger partial charge in [-0.3, -0.25) is 9.69 Å². The summed E-state index contributed by atoms with van der Waals surface area (Å²) in [5, 5.41) is 6.27. The Labute approximate surface area is 215 Å². The quantitative estimate of drug-likeness (QED) is 0.461. The molecule has 0 bridgehead atoms. The van der Waals surface area contributed by atoms with Crippen LogP contribution in [0.15, 0.2) is 77.9 Å². The number of hydrogen-bond donors (Lipinski definition) is 0. The van der Waals surface area contributed by atoms with Crippen molar-refractivity contribution in [2.24, 2.45) is 5.10 Å². The van der Waals surface area contributed by atoms with Crippen molar-refractivity contribution >= 4 is 17.3 Å². The molecule has 2 aliphatic rings. The van der Waals surface area contributed by atoms with E-state index in [-0.39, 0.29) is 30.1 Å². The second-order valence-corrected chi connectivity index (χ2v) is 9.23. The van der Waals surface area contributed by atoms with Gasteiger partial charge in [-0.2, -0.15) is 5.10 Å². The smallest absolute Gasteiger partial charge is 0.257 e. The van der Waals surface area contributed by atoms with Crippen molar-refractivity contribution in [3.8, 4) is 5.75 Å². The van der Waals surface area contributed by atoms with Gasteiger partial charge in [-0.15, -0.1) is 0 Å². The summed E-state index contributed by atoms with van der Waals surface area (Å²) < 4.78 is 33.3. The predicted molar refractivity (Wildman–Crippen MR) is 140 cm³/mol. The minimum atomic E-state index is -0.312. The van der Waals surface area contributed by atoms with Crippen molar-refractivity contribution in [1.82, 2.24) is 9.91 Å². The van der Waals surface area contributed by atoms with Crippen LogP contribution >= 0.6 is 0 Å². The third-order valence-corrected chi connectivity index (χ3v) is 6.84. The summed E-state index contributed by atoms with van der Waals surface area (Å²) in [7, 11) is 0. The molecular weight excluding hydrogens is 474 g/mol. The molecule has 3 aromatic carbocycles. The highest BCUT2D eigenvalue weighted by molar-refractivity contribution is 6.03. The maximum atomic E-state index is 14.2. The highest BCUT2D eigenvalue weighted by Crippen LogP contribution is 2.34. The van der Waals surface area contributed by atoms with Crippen LogP contribution in [-0.2, 0) is 4.79 Å². The van der Waals surface area contributed by atoms with Crippen LogP contribution in [0.2, 0.25) is 0 Å². The van der Waals surface area contributed by atoms with E-state index in [9.17, 15) is 13.6 Å². The van der Waals surface area contributed by atoms with Crippen molar-refractivity contribution in [3.05, 3.63) is 95.6 Å². The molecule has 1 amide bonds. The number of hydrazone groups is 1. The molecule has 0 unspecified atom stereocenters. The molecule has 1 atom stereocenters. The zero-order valence-electron chi connectivity index (χ0n) is 20.8. The highest BCUT2D eigenvalue weighted by Gasteiger charge is 2.34. The van der Waals surface area contributed by atoms with Crippen LogP contribution < -0.4 is 9.64 Å². The van der Waals surface area contributed by atoms with Crippen LogP contribution in [-0.4, -0.2) is 60.9 Å². The van der Waals surface area contributed by atoms with Crippen LogP contribution in [0.4, 0.5) is 14.5 Å². The van der Waals surface area contributed by atoms with Gasteiger partial charge in [0.05, 0.1) is 30.6 Å². The third-order valence-electron chi connectivity index (χ3n) is 6.84. The lowest BCUT2D eigenvalue weighted by atomic mass is 9.98. The summed E-state index contributed by atoms with van der Waals surface area (Å²) in [6, 6.07) is 20.4. The minimum Gasteiger partial charge on any atom is -0.494 e. The summed E-state index contributed by atoms with van der Waals surface area (Å²) in [6.07, 6.45) is 0.534. The number of halogens is 2. The SMILES string of the molecule is CCOc1ccc([C@@H]2CC(c3ccc(F)cc3)=NN2C(=O)CN2CCN(c3ccccc3F)CC2)cc1. The Hall–Kier alpha value is -3.78. The summed E-state index contributed by atoms with van der Waals surface area (Å²) >= 11 is 0. The fraction of sp³-hybridized carbons (Fsp3) is 0.310. The lowest BCUT2D eigenvalue weighted by Gasteiger charge is -2.36. The second kappa shape index (κ2) is 11.1. The average Bonchev–Trinajstić information content (AvgIpc) is 3.36. The minimum absolute atomic E-state index is 0.102. The maximum absolute atomic E-state index is 14.2. The summed E-state index contributed by atoms with van der Waals surface area (Å²) in [5.41, 5.74) is 3.10. The van der Waals surface area contributed by atoms with E-state index in [2.05, 4.69) is 4.90 Å². The predicted octanol–water partition coefficient (Wildman–Crippen LogP) is 4.86. The molecule has 8 heteroatoms. The Balaban J connectivity index is 1.30.